The van der Waals surface area contributed by atoms with E-state index in [1.807, 2.05) is 18.3 Å². The third-order valence-electron chi connectivity index (χ3n) is 7.60. The van der Waals surface area contributed by atoms with Crippen molar-refractivity contribution in [2.24, 2.45) is 11.3 Å². The molecule has 2 aliphatic heterocycles. The Labute approximate surface area is 196 Å². The standard InChI is InChI=1S/C27H33N5O/c1-27(11-18-32(19-12-27)26-29-13-5-14-30-26)25(33)31-16-4-6-21(10-17-31)20-22-9-15-28-24-8-3-2-7-23(22)24/h2-3,5,7-9,13-15,21H,4,6,10-12,16-20H2,1H3. The van der Waals surface area contributed by atoms with Gasteiger partial charge in [0, 0.05) is 55.6 Å². The first-order valence-electron chi connectivity index (χ1n) is 12.3. The van der Waals surface area contributed by atoms with E-state index in [0.29, 0.717) is 11.8 Å². The second-order valence-electron chi connectivity index (χ2n) is 9.88. The van der Waals surface area contributed by atoms with Crippen molar-refractivity contribution in [1.29, 1.82) is 0 Å². The molecule has 2 saturated heterocycles. The average Bonchev–Trinajstić information content (AvgIpc) is 3.10. The number of benzene rings is 1. The van der Waals surface area contributed by atoms with Crippen LogP contribution in [0.25, 0.3) is 10.9 Å². The minimum absolute atomic E-state index is 0.285. The van der Waals surface area contributed by atoms with Gasteiger partial charge in [0.05, 0.1) is 5.52 Å². The lowest BCUT2D eigenvalue weighted by Gasteiger charge is -2.41. The summed E-state index contributed by atoms with van der Waals surface area (Å²) in [6.45, 7) is 5.57. The van der Waals surface area contributed by atoms with Crippen molar-refractivity contribution in [3.05, 3.63) is 60.6 Å². The van der Waals surface area contributed by atoms with Crippen LogP contribution in [0.2, 0.25) is 0 Å². The molecule has 6 nitrogen and oxygen atoms in total. The summed E-state index contributed by atoms with van der Waals surface area (Å²) in [6, 6.07) is 12.4. The molecule has 4 heterocycles. The van der Waals surface area contributed by atoms with Gasteiger partial charge in [-0.05, 0) is 68.2 Å². The number of para-hydroxylation sites is 1. The molecule has 172 valence electrons. The molecule has 0 radical (unpaired) electrons. The molecule has 1 unspecified atom stereocenters. The molecule has 0 bridgehead atoms. The minimum atomic E-state index is -0.285. The van der Waals surface area contributed by atoms with Crippen LogP contribution in [0.3, 0.4) is 0 Å². The van der Waals surface area contributed by atoms with Gasteiger partial charge in [0.2, 0.25) is 11.9 Å². The van der Waals surface area contributed by atoms with Gasteiger partial charge in [-0.3, -0.25) is 9.78 Å². The van der Waals surface area contributed by atoms with Gasteiger partial charge in [-0.25, -0.2) is 9.97 Å². The van der Waals surface area contributed by atoms with Crippen LogP contribution >= 0.6 is 0 Å². The Hall–Kier alpha value is -3.02. The quantitative estimate of drug-likeness (QED) is 0.594. The lowest BCUT2D eigenvalue weighted by atomic mass is 9.79. The molecule has 33 heavy (non-hydrogen) atoms. The van der Waals surface area contributed by atoms with Gasteiger partial charge < -0.3 is 9.80 Å². The van der Waals surface area contributed by atoms with E-state index in [0.717, 1.165) is 69.7 Å². The summed E-state index contributed by atoms with van der Waals surface area (Å²) in [5.74, 6) is 1.72. The van der Waals surface area contributed by atoms with E-state index in [1.54, 1.807) is 12.4 Å². The molecule has 1 aromatic carbocycles. The average molecular weight is 444 g/mol. The second-order valence-corrected chi connectivity index (χ2v) is 9.88. The second kappa shape index (κ2) is 9.46. The molecule has 0 saturated carbocycles. The molecule has 0 N–H and O–H groups in total. The summed E-state index contributed by atoms with van der Waals surface area (Å²) in [7, 11) is 0. The number of fused-ring (bicyclic) bond motifs is 1. The van der Waals surface area contributed by atoms with Gasteiger partial charge in [0.15, 0.2) is 0 Å². The molecular weight excluding hydrogens is 410 g/mol. The Kier molecular flexibility index (Phi) is 6.25. The maximum Gasteiger partial charge on any atom is 0.228 e. The highest BCUT2D eigenvalue weighted by atomic mass is 16.2. The maximum absolute atomic E-state index is 13.6. The van der Waals surface area contributed by atoms with Crippen LogP contribution in [-0.2, 0) is 11.2 Å². The molecule has 1 atom stereocenters. The predicted octanol–water partition coefficient (Wildman–Crippen LogP) is 4.50. The summed E-state index contributed by atoms with van der Waals surface area (Å²) >= 11 is 0. The van der Waals surface area contributed by atoms with Gasteiger partial charge >= 0.3 is 0 Å². The van der Waals surface area contributed by atoms with Crippen LogP contribution in [0.4, 0.5) is 5.95 Å². The first kappa shape index (κ1) is 21.8. The van der Waals surface area contributed by atoms with E-state index in [4.69, 9.17) is 0 Å². The van der Waals surface area contributed by atoms with Crippen molar-refractivity contribution in [2.45, 2.75) is 45.4 Å². The third-order valence-corrected chi connectivity index (χ3v) is 7.60. The van der Waals surface area contributed by atoms with Crippen molar-refractivity contribution in [1.82, 2.24) is 19.9 Å². The fourth-order valence-corrected chi connectivity index (χ4v) is 5.47. The van der Waals surface area contributed by atoms with Crippen molar-refractivity contribution in [3.8, 4) is 0 Å². The summed E-state index contributed by atoms with van der Waals surface area (Å²) < 4.78 is 0. The summed E-state index contributed by atoms with van der Waals surface area (Å²) in [5, 5.41) is 1.26. The number of amides is 1. The summed E-state index contributed by atoms with van der Waals surface area (Å²) in [5.41, 5.74) is 2.17. The van der Waals surface area contributed by atoms with E-state index in [9.17, 15) is 4.79 Å². The first-order valence-corrected chi connectivity index (χ1v) is 12.3. The van der Waals surface area contributed by atoms with E-state index >= 15 is 0 Å². The number of pyridine rings is 1. The first-order chi connectivity index (χ1) is 16.1. The smallest absolute Gasteiger partial charge is 0.228 e. The van der Waals surface area contributed by atoms with Crippen molar-refractivity contribution >= 4 is 22.8 Å². The van der Waals surface area contributed by atoms with Crippen LogP contribution < -0.4 is 4.90 Å². The monoisotopic (exact) mass is 443 g/mol. The molecule has 2 aromatic heterocycles. The highest BCUT2D eigenvalue weighted by Crippen LogP contribution is 2.35. The number of likely N-dealkylation sites (tertiary alicyclic amines) is 1. The van der Waals surface area contributed by atoms with Crippen molar-refractivity contribution in [2.75, 3.05) is 31.1 Å². The number of carbonyl (C=O) groups is 1. The lowest BCUT2D eigenvalue weighted by Crippen LogP contribution is -2.49. The van der Waals surface area contributed by atoms with Gasteiger partial charge in [0.25, 0.3) is 0 Å². The Balaban J connectivity index is 1.20. The van der Waals surface area contributed by atoms with Crippen molar-refractivity contribution < 1.29 is 4.79 Å². The summed E-state index contributed by atoms with van der Waals surface area (Å²) in [4.78, 5) is 31.2. The molecule has 6 heteroatoms. The fraction of sp³-hybridized carbons (Fsp3) is 0.481. The Morgan fingerprint density at radius 2 is 1.73 bits per heavy atom. The highest BCUT2D eigenvalue weighted by molar-refractivity contribution is 5.83. The number of anilines is 1. The van der Waals surface area contributed by atoms with Crippen LogP contribution in [0.15, 0.2) is 55.0 Å². The number of piperidine rings is 1. The largest absolute Gasteiger partial charge is 0.342 e. The van der Waals surface area contributed by atoms with E-state index < -0.39 is 0 Å². The molecule has 5 rings (SSSR count). The van der Waals surface area contributed by atoms with Gasteiger partial charge in [-0.2, -0.15) is 0 Å². The number of hydrogen-bond acceptors (Lipinski definition) is 5. The zero-order valence-corrected chi connectivity index (χ0v) is 19.5. The Bertz CT molecular complexity index is 1090. The number of rotatable bonds is 4. The molecule has 3 aromatic rings. The Morgan fingerprint density at radius 3 is 2.55 bits per heavy atom. The maximum atomic E-state index is 13.6. The van der Waals surface area contributed by atoms with Crippen LogP contribution in [0.5, 0.6) is 0 Å². The molecule has 2 aliphatic rings. The number of hydrogen-bond donors (Lipinski definition) is 0. The van der Waals surface area contributed by atoms with E-state index in [-0.39, 0.29) is 5.41 Å². The van der Waals surface area contributed by atoms with Gasteiger partial charge in [0.1, 0.15) is 0 Å². The lowest BCUT2D eigenvalue weighted by molar-refractivity contribution is -0.142. The summed E-state index contributed by atoms with van der Waals surface area (Å²) in [6.07, 6.45) is 11.6. The fourth-order valence-electron chi connectivity index (χ4n) is 5.47. The molecule has 1 amide bonds. The highest BCUT2D eigenvalue weighted by Gasteiger charge is 2.40. The normalized spacial score (nSPS) is 21.1. The SMILES string of the molecule is CC1(C(=O)N2CCCC(Cc3ccnc4ccccc34)CC2)CCN(c2ncccn2)CC1. The number of carbonyl (C=O) groups excluding carboxylic acids is 1. The molecule has 0 spiro atoms. The predicted molar refractivity (Wildman–Crippen MR) is 131 cm³/mol. The Morgan fingerprint density at radius 1 is 0.939 bits per heavy atom. The minimum Gasteiger partial charge on any atom is -0.342 e. The topological polar surface area (TPSA) is 62.2 Å². The van der Waals surface area contributed by atoms with Crippen LogP contribution in [0.1, 0.15) is 44.6 Å². The zero-order valence-electron chi connectivity index (χ0n) is 19.5. The van der Waals surface area contributed by atoms with Gasteiger partial charge in [-0.15, -0.1) is 0 Å². The van der Waals surface area contributed by atoms with Crippen LogP contribution in [0, 0.1) is 11.3 Å². The molecular formula is C27H33N5O. The van der Waals surface area contributed by atoms with Gasteiger partial charge in [-0.1, -0.05) is 25.1 Å². The molecule has 0 aliphatic carbocycles. The van der Waals surface area contributed by atoms with E-state index in [2.05, 4.69) is 55.9 Å². The zero-order chi connectivity index (χ0) is 22.7. The van der Waals surface area contributed by atoms with E-state index in [1.165, 1.54) is 17.4 Å². The molecule has 2 fully saturated rings. The van der Waals surface area contributed by atoms with Crippen LogP contribution in [-0.4, -0.2) is 51.9 Å². The van der Waals surface area contributed by atoms with Crippen molar-refractivity contribution in [3.63, 3.8) is 0 Å². The number of nitrogens with zero attached hydrogens (tertiary/aromatic N) is 5. The number of aromatic nitrogens is 3. The third kappa shape index (κ3) is 4.70.